The topological polar surface area (TPSA) is 100 Å². The van der Waals surface area contributed by atoms with E-state index < -0.39 is 0 Å². The summed E-state index contributed by atoms with van der Waals surface area (Å²) in [5, 5.41) is 5.89. The zero-order valence-electron chi connectivity index (χ0n) is 14.8. The predicted molar refractivity (Wildman–Crippen MR) is 93.4 cm³/mol. The largest absolute Gasteiger partial charge is 0.352 e. The lowest BCUT2D eigenvalue weighted by Crippen LogP contribution is -2.40. The summed E-state index contributed by atoms with van der Waals surface area (Å²) >= 11 is 0. The fraction of sp³-hybridized carbons (Fsp3) is 0.529. The Balaban J connectivity index is 1.71. The van der Waals surface area contributed by atoms with Crippen molar-refractivity contribution in [2.24, 2.45) is 13.0 Å². The maximum Gasteiger partial charge on any atom is 0.274 e. The van der Waals surface area contributed by atoms with Crippen LogP contribution in [0, 0.1) is 12.8 Å². The maximum atomic E-state index is 12.6. The molecular formula is C17H23N5O3. The average Bonchev–Trinajstić information content (AvgIpc) is 2.86. The molecule has 3 heterocycles. The number of amides is 2. The minimum atomic E-state index is -0.315. The maximum absolute atomic E-state index is 12.6. The van der Waals surface area contributed by atoms with Crippen LogP contribution < -0.4 is 10.9 Å². The van der Waals surface area contributed by atoms with E-state index in [2.05, 4.69) is 15.4 Å². The second kappa shape index (κ2) is 6.70. The van der Waals surface area contributed by atoms with Gasteiger partial charge in [0.05, 0.1) is 10.9 Å². The summed E-state index contributed by atoms with van der Waals surface area (Å²) in [6.45, 7) is 5.37. The number of aromatic amines is 1. The van der Waals surface area contributed by atoms with Gasteiger partial charge in [-0.3, -0.25) is 24.2 Å². The number of hydrogen-bond acceptors (Lipinski definition) is 4. The third-order valence-corrected chi connectivity index (χ3v) is 4.80. The van der Waals surface area contributed by atoms with Gasteiger partial charge < -0.3 is 10.2 Å². The minimum absolute atomic E-state index is 0.0976. The number of hydrogen-bond donors (Lipinski definition) is 2. The van der Waals surface area contributed by atoms with Gasteiger partial charge in [-0.05, 0) is 31.7 Å². The van der Waals surface area contributed by atoms with Crippen LogP contribution in [0.3, 0.4) is 0 Å². The number of rotatable bonds is 3. The summed E-state index contributed by atoms with van der Waals surface area (Å²) < 4.78 is 1.53. The number of nitrogens with zero attached hydrogens (tertiary/aromatic N) is 3. The number of carbonyl (C=O) groups is 2. The van der Waals surface area contributed by atoms with Crippen molar-refractivity contribution in [3.63, 3.8) is 0 Å². The van der Waals surface area contributed by atoms with Crippen molar-refractivity contribution in [3.8, 4) is 0 Å². The summed E-state index contributed by atoms with van der Waals surface area (Å²) in [5.74, 6) is 0.175. The first-order valence-corrected chi connectivity index (χ1v) is 8.47. The number of H-pyrrole nitrogens is 1. The third kappa shape index (κ3) is 3.42. The van der Waals surface area contributed by atoms with E-state index in [0.29, 0.717) is 34.8 Å². The Labute approximate surface area is 145 Å². The highest BCUT2D eigenvalue weighted by molar-refractivity contribution is 6.05. The second-order valence-electron chi connectivity index (χ2n) is 6.67. The van der Waals surface area contributed by atoms with Crippen LogP contribution in [0.4, 0.5) is 0 Å². The van der Waals surface area contributed by atoms with E-state index in [1.165, 1.54) is 4.68 Å². The molecule has 2 aromatic heterocycles. The predicted octanol–water partition coefficient (Wildman–Crippen LogP) is 0.558. The molecule has 1 aliphatic heterocycles. The number of pyridine rings is 1. The lowest BCUT2D eigenvalue weighted by Gasteiger charge is -2.31. The van der Waals surface area contributed by atoms with Crippen molar-refractivity contribution in [1.29, 1.82) is 0 Å². The fourth-order valence-electron chi connectivity index (χ4n) is 3.35. The Morgan fingerprint density at radius 2 is 2.04 bits per heavy atom. The molecule has 0 aromatic carbocycles. The molecule has 0 bridgehead atoms. The Bertz CT molecular complexity index is 874. The van der Waals surface area contributed by atoms with E-state index in [9.17, 15) is 14.4 Å². The van der Waals surface area contributed by atoms with E-state index in [4.69, 9.17) is 0 Å². The van der Waals surface area contributed by atoms with Crippen molar-refractivity contribution in [2.75, 3.05) is 19.6 Å². The molecule has 0 saturated carbocycles. The lowest BCUT2D eigenvalue weighted by atomic mass is 9.96. The summed E-state index contributed by atoms with van der Waals surface area (Å²) in [6.07, 6.45) is 1.74. The van der Waals surface area contributed by atoms with E-state index in [1.807, 2.05) is 4.90 Å². The molecule has 1 fully saturated rings. The zero-order chi connectivity index (χ0) is 18.1. The average molecular weight is 345 g/mol. The van der Waals surface area contributed by atoms with Crippen LogP contribution in [0.15, 0.2) is 10.9 Å². The van der Waals surface area contributed by atoms with Crippen LogP contribution in [0.5, 0.6) is 0 Å². The van der Waals surface area contributed by atoms with E-state index in [1.54, 1.807) is 27.0 Å². The highest BCUT2D eigenvalue weighted by Gasteiger charge is 2.22. The van der Waals surface area contributed by atoms with Crippen LogP contribution >= 0.6 is 0 Å². The number of fused-ring (bicyclic) bond motifs is 1. The highest BCUT2D eigenvalue weighted by atomic mass is 16.2. The van der Waals surface area contributed by atoms with Crippen molar-refractivity contribution in [2.45, 2.75) is 26.7 Å². The molecule has 1 saturated heterocycles. The molecule has 25 heavy (non-hydrogen) atoms. The first-order valence-electron chi connectivity index (χ1n) is 8.47. The first kappa shape index (κ1) is 17.2. The van der Waals surface area contributed by atoms with E-state index in [-0.39, 0.29) is 17.4 Å². The summed E-state index contributed by atoms with van der Waals surface area (Å²) in [6, 6.07) is 1.64. The van der Waals surface area contributed by atoms with Gasteiger partial charge in [0.1, 0.15) is 0 Å². The monoisotopic (exact) mass is 345 g/mol. The molecule has 2 N–H and O–H groups in total. The number of carbonyl (C=O) groups excluding carboxylic acids is 2. The van der Waals surface area contributed by atoms with Crippen molar-refractivity contribution in [1.82, 2.24) is 25.0 Å². The van der Waals surface area contributed by atoms with Gasteiger partial charge in [-0.1, -0.05) is 0 Å². The Morgan fingerprint density at radius 3 is 2.68 bits per heavy atom. The van der Waals surface area contributed by atoms with Crippen molar-refractivity contribution in [3.05, 3.63) is 27.7 Å². The molecule has 8 nitrogen and oxygen atoms in total. The lowest BCUT2D eigenvalue weighted by molar-refractivity contribution is -0.130. The van der Waals surface area contributed by atoms with E-state index in [0.717, 1.165) is 25.9 Å². The normalized spacial score (nSPS) is 15.6. The van der Waals surface area contributed by atoms with Gasteiger partial charge in [-0.2, -0.15) is 0 Å². The van der Waals surface area contributed by atoms with Crippen LogP contribution in [-0.2, 0) is 11.8 Å². The molecule has 8 heteroatoms. The molecule has 1 aliphatic rings. The van der Waals surface area contributed by atoms with Gasteiger partial charge in [-0.15, -0.1) is 0 Å². The molecule has 2 amide bonds. The first-order chi connectivity index (χ1) is 11.9. The molecule has 0 radical (unpaired) electrons. The highest BCUT2D eigenvalue weighted by Crippen LogP contribution is 2.18. The van der Waals surface area contributed by atoms with Crippen LogP contribution in [0.1, 0.15) is 35.8 Å². The molecule has 134 valence electrons. The van der Waals surface area contributed by atoms with Gasteiger partial charge >= 0.3 is 0 Å². The summed E-state index contributed by atoms with van der Waals surface area (Å²) in [4.78, 5) is 42.3. The van der Waals surface area contributed by atoms with Gasteiger partial charge in [0, 0.05) is 39.3 Å². The van der Waals surface area contributed by atoms with Crippen molar-refractivity contribution >= 4 is 22.8 Å². The van der Waals surface area contributed by atoms with Gasteiger partial charge in [0.2, 0.25) is 5.91 Å². The fourth-order valence-corrected chi connectivity index (χ4v) is 3.35. The molecule has 0 unspecified atom stereocenters. The van der Waals surface area contributed by atoms with Gasteiger partial charge in [-0.25, -0.2) is 4.98 Å². The third-order valence-electron chi connectivity index (χ3n) is 4.80. The molecule has 3 rings (SSSR count). The van der Waals surface area contributed by atoms with E-state index >= 15 is 0 Å². The Kier molecular flexibility index (Phi) is 4.61. The van der Waals surface area contributed by atoms with Crippen LogP contribution in [-0.4, -0.2) is 51.1 Å². The molecule has 2 aromatic rings. The van der Waals surface area contributed by atoms with Crippen LogP contribution in [0.25, 0.3) is 11.0 Å². The number of aryl methyl sites for hydroxylation is 2. The number of nitrogens with one attached hydrogen (secondary N) is 2. The van der Waals surface area contributed by atoms with Crippen LogP contribution in [0.2, 0.25) is 0 Å². The molecular weight excluding hydrogens is 322 g/mol. The molecule has 0 spiro atoms. The standard InChI is InChI=1S/C17H23N5O3/c1-10-8-13(14-15(19-10)21(3)20-17(14)25)16(24)18-9-12-4-6-22(7-5-12)11(2)23/h8,12H,4-7,9H2,1-3H3,(H,18,24)(H,20,25). The number of likely N-dealkylation sites (tertiary alicyclic amines) is 1. The van der Waals surface area contributed by atoms with Gasteiger partial charge in [0.15, 0.2) is 5.65 Å². The van der Waals surface area contributed by atoms with Gasteiger partial charge in [0.25, 0.3) is 11.5 Å². The zero-order valence-corrected chi connectivity index (χ0v) is 14.8. The van der Waals surface area contributed by atoms with Crippen molar-refractivity contribution < 1.29 is 9.59 Å². The summed E-state index contributed by atoms with van der Waals surface area (Å²) in [7, 11) is 1.70. The quantitative estimate of drug-likeness (QED) is 0.849. The smallest absolute Gasteiger partial charge is 0.274 e. The SMILES string of the molecule is CC(=O)N1CCC(CNC(=O)c2cc(C)nc3c2c(=O)[nH]n3C)CC1. The second-order valence-corrected chi connectivity index (χ2v) is 6.67. The number of aromatic nitrogens is 3. The summed E-state index contributed by atoms with van der Waals surface area (Å²) in [5.41, 5.74) is 1.20. The number of piperidine rings is 1. The molecule has 0 atom stereocenters. The Morgan fingerprint density at radius 1 is 1.36 bits per heavy atom. The Hall–Kier alpha value is -2.64. The molecule has 0 aliphatic carbocycles. The minimum Gasteiger partial charge on any atom is -0.352 e.